The molecular formula is C22H26N4O4. The third-order valence-electron chi connectivity index (χ3n) is 5.04. The number of anilines is 3. The van der Waals surface area contributed by atoms with Crippen LogP contribution in [-0.2, 0) is 9.59 Å². The van der Waals surface area contributed by atoms with Crippen molar-refractivity contribution in [3.63, 3.8) is 0 Å². The number of aliphatic carboxylic acids is 1. The van der Waals surface area contributed by atoms with Crippen LogP contribution in [0.15, 0.2) is 48.5 Å². The minimum atomic E-state index is -1.11. The van der Waals surface area contributed by atoms with Crippen molar-refractivity contribution in [2.24, 2.45) is 0 Å². The Morgan fingerprint density at radius 1 is 1.07 bits per heavy atom. The van der Waals surface area contributed by atoms with Gasteiger partial charge in [0.25, 0.3) is 0 Å². The lowest BCUT2D eigenvalue weighted by molar-refractivity contribution is -0.135. The number of fused-ring (bicyclic) bond motifs is 1. The van der Waals surface area contributed by atoms with Crippen LogP contribution >= 0.6 is 0 Å². The summed E-state index contributed by atoms with van der Waals surface area (Å²) in [7, 11) is 0. The summed E-state index contributed by atoms with van der Waals surface area (Å²) in [5.74, 6) is -0.990. The van der Waals surface area contributed by atoms with Crippen LogP contribution in [0.2, 0.25) is 0 Å². The van der Waals surface area contributed by atoms with Gasteiger partial charge >= 0.3 is 12.0 Å². The molecule has 3 amide bonds. The lowest BCUT2D eigenvalue weighted by Gasteiger charge is -2.40. The van der Waals surface area contributed by atoms with E-state index in [1.54, 1.807) is 12.1 Å². The average molecular weight is 410 g/mol. The topological polar surface area (TPSA) is 111 Å². The Kier molecular flexibility index (Phi) is 6.56. The van der Waals surface area contributed by atoms with E-state index in [9.17, 15) is 14.4 Å². The maximum absolute atomic E-state index is 12.4. The van der Waals surface area contributed by atoms with E-state index in [0.29, 0.717) is 12.1 Å². The molecule has 0 unspecified atom stereocenters. The fraction of sp³-hybridized carbons (Fsp3) is 0.318. The van der Waals surface area contributed by atoms with E-state index >= 15 is 0 Å². The Morgan fingerprint density at radius 2 is 1.73 bits per heavy atom. The Balaban J connectivity index is 1.71. The molecule has 1 aliphatic heterocycles. The predicted octanol–water partition coefficient (Wildman–Crippen LogP) is 3.58. The first-order valence-corrected chi connectivity index (χ1v) is 9.93. The second-order valence-corrected chi connectivity index (χ2v) is 7.24. The lowest BCUT2D eigenvalue weighted by atomic mass is 9.91. The Bertz CT molecular complexity index is 929. The number of carboxylic acids is 1. The maximum Gasteiger partial charge on any atom is 0.323 e. The van der Waals surface area contributed by atoms with Gasteiger partial charge in [0, 0.05) is 29.5 Å². The third-order valence-corrected chi connectivity index (χ3v) is 5.04. The van der Waals surface area contributed by atoms with Gasteiger partial charge in [-0.1, -0.05) is 25.1 Å². The zero-order valence-electron chi connectivity index (χ0n) is 17.0. The van der Waals surface area contributed by atoms with Crippen molar-refractivity contribution in [1.82, 2.24) is 5.32 Å². The smallest absolute Gasteiger partial charge is 0.323 e. The number of rotatable bonds is 6. The van der Waals surface area contributed by atoms with Crippen LogP contribution in [0, 0.1) is 0 Å². The van der Waals surface area contributed by atoms with Crippen molar-refractivity contribution >= 4 is 35.0 Å². The Labute approximate surface area is 175 Å². The molecule has 30 heavy (non-hydrogen) atoms. The molecule has 0 aromatic heterocycles. The number of hydrogen-bond acceptors (Lipinski definition) is 4. The zero-order chi connectivity index (χ0) is 21.7. The summed E-state index contributed by atoms with van der Waals surface area (Å²) in [6, 6.07) is 14.7. The highest BCUT2D eigenvalue weighted by Gasteiger charge is 2.32. The van der Waals surface area contributed by atoms with Crippen molar-refractivity contribution in [2.45, 2.75) is 38.8 Å². The molecule has 0 saturated carbocycles. The number of carbonyl (C=O) groups is 3. The van der Waals surface area contributed by atoms with E-state index in [2.05, 4.69) is 22.9 Å². The number of nitrogens with zero attached hydrogens (tertiary/aromatic N) is 1. The number of benzene rings is 2. The summed E-state index contributed by atoms with van der Waals surface area (Å²) in [4.78, 5) is 36.5. The van der Waals surface area contributed by atoms with E-state index in [-0.39, 0.29) is 18.0 Å². The first-order chi connectivity index (χ1) is 14.4. The fourth-order valence-electron chi connectivity index (χ4n) is 3.68. The largest absolute Gasteiger partial charge is 0.480 e. The van der Waals surface area contributed by atoms with Crippen molar-refractivity contribution < 1.29 is 19.5 Å². The third kappa shape index (κ3) is 4.89. The first-order valence-electron chi connectivity index (χ1n) is 9.93. The van der Waals surface area contributed by atoms with Gasteiger partial charge in [-0.3, -0.25) is 9.59 Å². The quantitative estimate of drug-likeness (QED) is 0.582. The van der Waals surface area contributed by atoms with Gasteiger partial charge in [0.05, 0.1) is 6.04 Å². The van der Waals surface area contributed by atoms with Gasteiger partial charge < -0.3 is 26.0 Å². The number of carbonyl (C=O) groups excluding carboxylic acids is 2. The van der Waals surface area contributed by atoms with Crippen molar-refractivity contribution in [2.75, 3.05) is 22.1 Å². The van der Waals surface area contributed by atoms with E-state index in [4.69, 9.17) is 5.11 Å². The van der Waals surface area contributed by atoms with E-state index in [1.165, 1.54) is 0 Å². The second kappa shape index (κ2) is 9.30. The van der Waals surface area contributed by atoms with E-state index in [0.717, 1.165) is 23.4 Å². The van der Waals surface area contributed by atoms with Crippen LogP contribution in [0.25, 0.3) is 0 Å². The molecule has 158 valence electrons. The van der Waals surface area contributed by atoms with Gasteiger partial charge in [-0.2, -0.15) is 0 Å². The summed E-state index contributed by atoms with van der Waals surface area (Å²) >= 11 is 0. The van der Waals surface area contributed by atoms with Crippen molar-refractivity contribution in [1.29, 1.82) is 0 Å². The Hall–Kier alpha value is -3.55. The number of hydrogen-bond donors (Lipinski definition) is 4. The van der Waals surface area contributed by atoms with Crippen LogP contribution < -0.4 is 20.9 Å². The number of amides is 3. The number of urea groups is 1. The lowest BCUT2D eigenvalue weighted by Crippen LogP contribution is -2.44. The summed E-state index contributed by atoms with van der Waals surface area (Å²) in [6.45, 7) is 3.49. The molecule has 0 aliphatic carbocycles. The summed E-state index contributed by atoms with van der Waals surface area (Å²) < 4.78 is 0. The van der Waals surface area contributed by atoms with Gasteiger partial charge in [0.15, 0.2) is 0 Å². The molecule has 3 rings (SSSR count). The standard InChI is InChI=1S/C22H26N4O4/c1-3-20(27)26-14(2)12-18(17-6-4-5-7-19(17)26)24-15-8-10-16(11-9-15)25-22(30)23-13-21(28)29/h4-11,14,18,24H,3,12-13H2,1-2H3,(H,28,29)(H2,23,25,30)/t14-,18+/m0/s1. The molecule has 0 saturated heterocycles. The maximum atomic E-state index is 12.4. The highest BCUT2D eigenvalue weighted by molar-refractivity contribution is 5.95. The first kappa shape index (κ1) is 21.2. The zero-order valence-corrected chi connectivity index (χ0v) is 17.0. The molecule has 8 heteroatoms. The van der Waals surface area contributed by atoms with E-state index < -0.39 is 18.5 Å². The molecule has 0 bridgehead atoms. The Morgan fingerprint density at radius 3 is 2.40 bits per heavy atom. The molecule has 0 fully saturated rings. The van der Waals surface area contributed by atoms with Crippen molar-refractivity contribution in [3.8, 4) is 0 Å². The molecule has 1 heterocycles. The average Bonchev–Trinajstić information content (AvgIpc) is 2.73. The number of nitrogens with one attached hydrogen (secondary N) is 3. The van der Waals surface area contributed by atoms with Gasteiger partial charge in [-0.25, -0.2) is 4.79 Å². The summed E-state index contributed by atoms with van der Waals surface area (Å²) in [5.41, 5.74) is 3.45. The molecule has 1 aliphatic rings. The van der Waals surface area contributed by atoms with Gasteiger partial charge in [0.2, 0.25) is 5.91 Å². The highest BCUT2D eigenvalue weighted by atomic mass is 16.4. The normalized spacial score (nSPS) is 17.6. The molecule has 0 spiro atoms. The van der Waals surface area contributed by atoms with Crippen LogP contribution in [0.4, 0.5) is 21.9 Å². The van der Waals surface area contributed by atoms with Gasteiger partial charge in [0.1, 0.15) is 6.54 Å². The highest BCUT2D eigenvalue weighted by Crippen LogP contribution is 2.39. The fourth-order valence-corrected chi connectivity index (χ4v) is 3.68. The van der Waals surface area contributed by atoms with Gasteiger partial charge in [-0.15, -0.1) is 0 Å². The SMILES string of the molecule is CCC(=O)N1c2ccccc2[C@H](Nc2ccc(NC(=O)NCC(=O)O)cc2)C[C@@H]1C. The summed E-state index contributed by atoms with van der Waals surface area (Å²) in [6.07, 6.45) is 1.24. The van der Waals surface area contributed by atoms with Gasteiger partial charge in [-0.05, 0) is 49.2 Å². The minimum Gasteiger partial charge on any atom is -0.480 e. The molecule has 8 nitrogen and oxygen atoms in total. The molecule has 0 radical (unpaired) electrons. The monoisotopic (exact) mass is 410 g/mol. The molecule has 2 aromatic carbocycles. The molecule has 2 atom stereocenters. The van der Waals surface area contributed by atoms with Crippen LogP contribution in [0.1, 0.15) is 38.3 Å². The predicted molar refractivity (Wildman–Crippen MR) is 116 cm³/mol. The van der Waals surface area contributed by atoms with Crippen LogP contribution in [0.5, 0.6) is 0 Å². The number of para-hydroxylation sites is 1. The van der Waals surface area contributed by atoms with Crippen LogP contribution in [-0.4, -0.2) is 35.6 Å². The summed E-state index contributed by atoms with van der Waals surface area (Å²) in [5, 5.41) is 17.0. The molecular weight excluding hydrogens is 384 g/mol. The van der Waals surface area contributed by atoms with Crippen molar-refractivity contribution in [3.05, 3.63) is 54.1 Å². The molecule has 4 N–H and O–H groups in total. The molecule has 2 aromatic rings. The van der Waals surface area contributed by atoms with Crippen LogP contribution in [0.3, 0.4) is 0 Å². The number of carboxylic acid groups (broad SMARTS) is 1. The van der Waals surface area contributed by atoms with E-state index in [1.807, 2.05) is 48.2 Å². The minimum absolute atomic E-state index is 0.0507. The second-order valence-electron chi connectivity index (χ2n) is 7.24.